The first-order valence-corrected chi connectivity index (χ1v) is 9.56. The van der Waals surface area contributed by atoms with Crippen LogP contribution in [0.5, 0.6) is 0 Å². The highest BCUT2D eigenvalue weighted by atomic mass is 32.2. The first kappa shape index (κ1) is 20.1. The van der Waals surface area contributed by atoms with Gasteiger partial charge in [-0.25, -0.2) is 0 Å². The smallest absolute Gasteiger partial charge is 0.269 e. The number of aliphatic hydroxyl groups excluding tert-OH is 2. The molecule has 0 aromatic heterocycles. The summed E-state index contributed by atoms with van der Waals surface area (Å²) in [5.41, 5.74) is 0.518. The minimum atomic E-state index is -0.939. The van der Waals surface area contributed by atoms with Crippen molar-refractivity contribution in [2.24, 2.45) is 0 Å². The largest absolute Gasteiger partial charge is 0.395 e. The van der Waals surface area contributed by atoms with E-state index in [1.165, 1.54) is 36.0 Å². The van der Waals surface area contributed by atoms with E-state index in [2.05, 4.69) is 11.8 Å². The fourth-order valence-electron chi connectivity index (χ4n) is 2.69. The molecular formula is C16H23N3O4S2. The minimum Gasteiger partial charge on any atom is -0.395 e. The fraction of sp³-hybridized carbons (Fsp3) is 0.562. The van der Waals surface area contributed by atoms with Crippen LogP contribution in [0.25, 0.3) is 0 Å². The predicted octanol–water partition coefficient (Wildman–Crippen LogP) is 2.34. The van der Waals surface area contributed by atoms with E-state index in [0.717, 1.165) is 23.7 Å². The molecule has 2 N–H and O–H groups in total. The number of aliphatic hydroxyl groups is 2. The summed E-state index contributed by atoms with van der Waals surface area (Å²) in [5, 5.41) is 31.2. The maximum atomic E-state index is 10.7. The van der Waals surface area contributed by atoms with Gasteiger partial charge >= 0.3 is 0 Å². The zero-order valence-corrected chi connectivity index (χ0v) is 15.7. The molecule has 1 aromatic rings. The lowest BCUT2D eigenvalue weighted by atomic mass is 10.0. The third kappa shape index (κ3) is 5.11. The monoisotopic (exact) mass is 385 g/mol. The van der Waals surface area contributed by atoms with Gasteiger partial charge in [0.2, 0.25) is 0 Å². The van der Waals surface area contributed by atoms with Crippen molar-refractivity contribution in [3.05, 3.63) is 39.9 Å². The number of thioether (sulfide) groups is 1. The van der Waals surface area contributed by atoms with Gasteiger partial charge in [0.15, 0.2) is 0 Å². The predicted molar refractivity (Wildman–Crippen MR) is 102 cm³/mol. The van der Waals surface area contributed by atoms with Crippen LogP contribution in [-0.4, -0.2) is 61.0 Å². The molecule has 1 heterocycles. The van der Waals surface area contributed by atoms with Crippen LogP contribution in [0.3, 0.4) is 0 Å². The van der Waals surface area contributed by atoms with Crippen molar-refractivity contribution in [2.45, 2.75) is 31.9 Å². The van der Waals surface area contributed by atoms with E-state index in [-0.39, 0.29) is 12.3 Å². The Morgan fingerprint density at radius 3 is 2.64 bits per heavy atom. The number of thiocarbonyl (C=S) groups is 1. The standard InChI is InChI=1S/C16H23N3O4S2/c1-2-3-8-17-10-18(11-25-16(17)24)14(9-20)15(21)12-4-6-13(7-5-12)19(22)23/h4-7,14-15,20-21H,2-3,8-11H2,1H3/t14?,15-/m0/s1. The molecule has 0 radical (unpaired) electrons. The summed E-state index contributed by atoms with van der Waals surface area (Å²) in [7, 11) is 0. The lowest BCUT2D eigenvalue weighted by Crippen LogP contribution is -2.52. The average molecular weight is 386 g/mol. The zero-order chi connectivity index (χ0) is 18.4. The summed E-state index contributed by atoms with van der Waals surface area (Å²) in [5.74, 6) is 0.594. The molecular weight excluding hydrogens is 362 g/mol. The molecule has 7 nitrogen and oxygen atoms in total. The number of non-ortho nitro benzene ring substituents is 1. The lowest BCUT2D eigenvalue weighted by molar-refractivity contribution is -0.384. The highest BCUT2D eigenvalue weighted by Gasteiger charge is 2.32. The highest BCUT2D eigenvalue weighted by Crippen LogP contribution is 2.28. The SMILES string of the molecule is CCCCN1CN(C(CO)[C@@H](O)c2ccc([N+](=O)[O-])cc2)CSC1=S. The Bertz CT molecular complexity index is 600. The maximum absolute atomic E-state index is 10.7. The van der Waals surface area contributed by atoms with E-state index >= 15 is 0 Å². The fourth-order valence-corrected chi connectivity index (χ4v) is 3.88. The molecule has 1 aliphatic heterocycles. The van der Waals surface area contributed by atoms with Crippen molar-refractivity contribution < 1.29 is 15.1 Å². The molecule has 0 saturated carbocycles. The van der Waals surface area contributed by atoms with Crippen LogP contribution in [0, 0.1) is 10.1 Å². The molecule has 1 saturated heterocycles. The maximum Gasteiger partial charge on any atom is 0.269 e. The van der Waals surface area contributed by atoms with Crippen LogP contribution in [0.4, 0.5) is 5.69 Å². The van der Waals surface area contributed by atoms with Gasteiger partial charge in [0.25, 0.3) is 5.69 Å². The van der Waals surface area contributed by atoms with Gasteiger partial charge in [-0.3, -0.25) is 15.0 Å². The van der Waals surface area contributed by atoms with Gasteiger partial charge in [0.1, 0.15) is 4.32 Å². The van der Waals surface area contributed by atoms with Crippen LogP contribution in [0.1, 0.15) is 31.4 Å². The summed E-state index contributed by atoms with van der Waals surface area (Å²) >= 11 is 6.91. The summed E-state index contributed by atoms with van der Waals surface area (Å²) in [4.78, 5) is 14.3. The van der Waals surface area contributed by atoms with Crippen LogP contribution >= 0.6 is 24.0 Å². The van der Waals surface area contributed by atoms with Crippen molar-refractivity contribution in [1.82, 2.24) is 9.80 Å². The molecule has 138 valence electrons. The lowest BCUT2D eigenvalue weighted by Gasteiger charge is -2.41. The molecule has 25 heavy (non-hydrogen) atoms. The van der Waals surface area contributed by atoms with Crippen LogP contribution < -0.4 is 0 Å². The third-order valence-electron chi connectivity index (χ3n) is 4.21. The number of unbranched alkanes of at least 4 members (excludes halogenated alkanes) is 1. The normalized spacial score (nSPS) is 18.2. The molecule has 1 aliphatic rings. The summed E-state index contributed by atoms with van der Waals surface area (Å²) < 4.78 is 0.839. The Morgan fingerprint density at radius 2 is 2.08 bits per heavy atom. The van der Waals surface area contributed by atoms with Gasteiger partial charge in [-0.2, -0.15) is 0 Å². The Balaban J connectivity index is 2.09. The van der Waals surface area contributed by atoms with E-state index in [4.69, 9.17) is 12.2 Å². The number of nitro groups is 1. The number of benzene rings is 1. The average Bonchev–Trinajstić information content (AvgIpc) is 2.62. The number of nitro benzene ring substituents is 1. The molecule has 0 amide bonds. The van der Waals surface area contributed by atoms with Crippen LogP contribution in [0.15, 0.2) is 24.3 Å². The van der Waals surface area contributed by atoms with E-state index in [9.17, 15) is 20.3 Å². The van der Waals surface area contributed by atoms with Crippen molar-refractivity contribution in [1.29, 1.82) is 0 Å². The van der Waals surface area contributed by atoms with Crippen molar-refractivity contribution in [2.75, 3.05) is 25.7 Å². The van der Waals surface area contributed by atoms with Crippen molar-refractivity contribution in [3.8, 4) is 0 Å². The van der Waals surface area contributed by atoms with E-state index < -0.39 is 17.1 Å². The van der Waals surface area contributed by atoms with Gasteiger partial charge in [-0.05, 0) is 24.1 Å². The molecule has 1 aromatic carbocycles. The first-order chi connectivity index (χ1) is 12.0. The Labute approximate surface area is 156 Å². The second kappa shape index (κ2) is 9.44. The quantitative estimate of drug-likeness (QED) is 0.400. The number of rotatable bonds is 8. The van der Waals surface area contributed by atoms with Gasteiger partial charge in [-0.15, -0.1) is 0 Å². The second-order valence-corrected chi connectivity index (χ2v) is 7.51. The van der Waals surface area contributed by atoms with Gasteiger partial charge in [0.05, 0.1) is 36.2 Å². The summed E-state index contributed by atoms with van der Waals surface area (Å²) in [6.07, 6.45) is 1.16. The van der Waals surface area contributed by atoms with Gasteiger partial charge < -0.3 is 15.1 Å². The molecule has 0 aliphatic carbocycles. The van der Waals surface area contributed by atoms with E-state index in [1.54, 1.807) is 0 Å². The Hall–Kier alpha value is -1.26. The molecule has 2 rings (SSSR count). The summed E-state index contributed by atoms with van der Waals surface area (Å²) in [6.45, 7) is 3.31. The molecule has 0 bridgehead atoms. The molecule has 9 heteroatoms. The minimum absolute atomic E-state index is 0.0267. The number of hydrogen-bond acceptors (Lipinski definition) is 7. The zero-order valence-electron chi connectivity index (χ0n) is 14.1. The van der Waals surface area contributed by atoms with E-state index in [1.807, 2.05) is 4.90 Å². The van der Waals surface area contributed by atoms with E-state index in [0.29, 0.717) is 18.1 Å². The van der Waals surface area contributed by atoms with Crippen molar-refractivity contribution >= 4 is 34.0 Å². The molecule has 1 unspecified atom stereocenters. The first-order valence-electron chi connectivity index (χ1n) is 8.17. The molecule has 2 atom stereocenters. The van der Waals surface area contributed by atoms with Gasteiger partial charge in [0, 0.05) is 18.7 Å². The molecule has 1 fully saturated rings. The summed E-state index contributed by atoms with van der Waals surface area (Å²) in [6, 6.07) is 5.28. The third-order valence-corrected chi connectivity index (χ3v) is 5.79. The van der Waals surface area contributed by atoms with Crippen LogP contribution in [-0.2, 0) is 0 Å². The topological polar surface area (TPSA) is 90.1 Å². The van der Waals surface area contributed by atoms with Gasteiger partial charge in [-0.1, -0.05) is 37.3 Å². The van der Waals surface area contributed by atoms with Crippen LogP contribution in [0.2, 0.25) is 0 Å². The molecule has 0 spiro atoms. The number of nitrogens with zero attached hydrogens (tertiary/aromatic N) is 3. The Morgan fingerprint density at radius 1 is 1.40 bits per heavy atom. The van der Waals surface area contributed by atoms with Crippen molar-refractivity contribution in [3.63, 3.8) is 0 Å². The second-order valence-electron chi connectivity index (χ2n) is 5.93. The number of hydrogen-bond donors (Lipinski definition) is 2. The Kier molecular flexibility index (Phi) is 7.57. The highest BCUT2D eigenvalue weighted by molar-refractivity contribution is 8.22.